The molecule has 0 spiro atoms. The highest BCUT2D eigenvalue weighted by molar-refractivity contribution is 6.76. The third-order valence-corrected chi connectivity index (χ3v) is 7.53. The van der Waals surface area contributed by atoms with E-state index < -0.39 is 8.07 Å². The maximum atomic E-state index is 12.3. The van der Waals surface area contributed by atoms with Crippen molar-refractivity contribution in [3.05, 3.63) is 66.9 Å². The summed E-state index contributed by atoms with van der Waals surface area (Å²) in [7, 11) is -1.13. The third-order valence-electron chi connectivity index (χ3n) is 5.83. The van der Waals surface area contributed by atoms with E-state index in [0.29, 0.717) is 13.3 Å². The third kappa shape index (κ3) is 6.23. The summed E-state index contributed by atoms with van der Waals surface area (Å²) < 4.78 is 15.0. The first-order chi connectivity index (χ1) is 16.9. The smallest absolute Gasteiger partial charge is 0.308 e. The summed E-state index contributed by atoms with van der Waals surface area (Å²) in [5.41, 5.74) is 3.47. The molecule has 0 bridgehead atoms. The molecule has 1 aromatic carbocycles. The van der Waals surface area contributed by atoms with Crippen molar-refractivity contribution in [3.8, 4) is 11.3 Å². The van der Waals surface area contributed by atoms with Gasteiger partial charge < -0.3 is 14.0 Å². The molecular weight excluding hydrogens is 458 g/mol. The monoisotopic (exact) mass is 491 g/mol. The van der Waals surface area contributed by atoms with Gasteiger partial charge in [-0.05, 0) is 24.6 Å². The van der Waals surface area contributed by atoms with E-state index in [4.69, 9.17) is 9.47 Å². The molecule has 184 valence electrons. The van der Waals surface area contributed by atoms with Gasteiger partial charge in [-0.25, -0.2) is 9.97 Å². The molecule has 0 aliphatic carbocycles. The van der Waals surface area contributed by atoms with Crippen LogP contribution in [-0.4, -0.2) is 51.6 Å². The van der Waals surface area contributed by atoms with Gasteiger partial charge in [0.2, 0.25) is 0 Å². The van der Waals surface area contributed by atoms with Crippen LogP contribution >= 0.6 is 0 Å². The molecule has 35 heavy (non-hydrogen) atoms. The summed E-state index contributed by atoms with van der Waals surface area (Å²) in [6.07, 6.45) is 7.46. The van der Waals surface area contributed by atoms with Gasteiger partial charge in [0.1, 0.15) is 18.7 Å². The number of hydrogen-bond donors (Lipinski definition) is 0. The van der Waals surface area contributed by atoms with Crippen LogP contribution in [0.3, 0.4) is 0 Å². The normalized spacial score (nSPS) is 12.7. The number of ether oxygens (including phenoxy) is 2. The van der Waals surface area contributed by atoms with Gasteiger partial charge in [-0.3, -0.25) is 9.48 Å². The molecule has 4 aromatic rings. The maximum Gasteiger partial charge on any atom is 0.308 e. The Balaban J connectivity index is 1.58. The zero-order valence-corrected chi connectivity index (χ0v) is 21.8. The first kappa shape index (κ1) is 24.8. The highest BCUT2D eigenvalue weighted by Crippen LogP contribution is 2.29. The standard InChI is InChI=1S/C26H33N5O3Si/c1-5-34-24(32)15-23(20-9-7-6-8-10-20)31-17-21(16-29-31)25-22-11-12-30(26(22)28-18-27-25)19-33-13-14-35(2,3)4/h6-12,16-18,23H,5,13-15,19H2,1-4H3. The maximum absolute atomic E-state index is 12.3. The van der Waals surface area contributed by atoms with E-state index >= 15 is 0 Å². The van der Waals surface area contributed by atoms with E-state index in [-0.39, 0.29) is 18.4 Å². The highest BCUT2D eigenvalue weighted by atomic mass is 28.3. The van der Waals surface area contributed by atoms with Crippen molar-refractivity contribution in [2.45, 2.75) is 51.8 Å². The van der Waals surface area contributed by atoms with Gasteiger partial charge in [0.25, 0.3) is 0 Å². The van der Waals surface area contributed by atoms with Crippen LogP contribution in [0, 0.1) is 0 Å². The SMILES string of the molecule is CCOC(=O)CC(c1ccccc1)n1cc(-c2ncnc3c2ccn3COCC[Si](C)(C)C)cn1. The Morgan fingerprint density at radius 1 is 1.11 bits per heavy atom. The number of carbonyl (C=O) groups is 1. The summed E-state index contributed by atoms with van der Waals surface area (Å²) >= 11 is 0. The number of aromatic nitrogens is 5. The second kappa shape index (κ2) is 11.0. The molecule has 0 amide bonds. The van der Waals surface area contributed by atoms with Gasteiger partial charge in [-0.15, -0.1) is 0 Å². The van der Waals surface area contributed by atoms with E-state index in [2.05, 4.69) is 34.7 Å². The predicted molar refractivity (Wildman–Crippen MR) is 139 cm³/mol. The van der Waals surface area contributed by atoms with Crippen molar-refractivity contribution < 1.29 is 14.3 Å². The number of hydrogen-bond acceptors (Lipinski definition) is 6. The van der Waals surface area contributed by atoms with Crippen LogP contribution in [0.15, 0.2) is 61.3 Å². The summed E-state index contributed by atoms with van der Waals surface area (Å²) in [6, 6.07) is 12.7. The molecule has 1 atom stereocenters. The average molecular weight is 492 g/mol. The Hall–Kier alpha value is -3.30. The highest BCUT2D eigenvalue weighted by Gasteiger charge is 2.21. The second-order valence-electron chi connectivity index (χ2n) is 9.74. The summed E-state index contributed by atoms with van der Waals surface area (Å²) in [5.74, 6) is -0.256. The fourth-order valence-electron chi connectivity index (χ4n) is 3.93. The minimum Gasteiger partial charge on any atom is -0.466 e. The molecule has 0 saturated carbocycles. The number of rotatable bonds is 11. The molecule has 3 aromatic heterocycles. The van der Waals surface area contributed by atoms with Gasteiger partial charge in [0.05, 0.1) is 31.0 Å². The fourth-order valence-corrected chi connectivity index (χ4v) is 4.68. The summed E-state index contributed by atoms with van der Waals surface area (Å²) in [5, 5.41) is 5.53. The number of fused-ring (bicyclic) bond motifs is 1. The largest absolute Gasteiger partial charge is 0.466 e. The fraction of sp³-hybridized carbons (Fsp3) is 0.385. The van der Waals surface area contributed by atoms with Gasteiger partial charge >= 0.3 is 5.97 Å². The molecular formula is C26H33N5O3Si. The Morgan fingerprint density at radius 3 is 2.66 bits per heavy atom. The Kier molecular flexibility index (Phi) is 7.77. The zero-order valence-electron chi connectivity index (χ0n) is 20.8. The van der Waals surface area contributed by atoms with E-state index in [1.54, 1.807) is 12.5 Å². The first-order valence-electron chi connectivity index (χ1n) is 12.0. The minimum absolute atomic E-state index is 0.198. The van der Waals surface area contributed by atoms with E-state index in [0.717, 1.165) is 40.5 Å². The van der Waals surface area contributed by atoms with Crippen LogP contribution in [0.4, 0.5) is 0 Å². The van der Waals surface area contributed by atoms with Crippen molar-refractivity contribution in [1.82, 2.24) is 24.3 Å². The molecule has 8 nitrogen and oxygen atoms in total. The van der Waals surface area contributed by atoms with Crippen LogP contribution in [-0.2, 0) is 21.0 Å². The van der Waals surface area contributed by atoms with Crippen LogP contribution in [0.1, 0.15) is 24.9 Å². The molecule has 0 aliphatic rings. The second-order valence-corrected chi connectivity index (χ2v) is 15.4. The van der Waals surface area contributed by atoms with Crippen molar-refractivity contribution >= 4 is 25.1 Å². The lowest BCUT2D eigenvalue weighted by Crippen LogP contribution is -2.22. The molecule has 0 fully saturated rings. The lowest BCUT2D eigenvalue weighted by molar-refractivity contribution is -0.143. The van der Waals surface area contributed by atoms with E-state index in [1.165, 1.54) is 0 Å². The topological polar surface area (TPSA) is 84.1 Å². The van der Waals surface area contributed by atoms with Crippen LogP contribution in [0.2, 0.25) is 25.7 Å². The van der Waals surface area contributed by atoms with Crippen LogP contribution < -0.4 is 0 Å². The Bertz CT molecular complexity index is 1260. The summed E-state index contributed by atoms with van der Waals surface area (Å²) in [6.45, 7) is 10.4. The lowest BCUT2D eigenvalue weighted by Gasteiger charge is -2.17. The van der Waals surface area contributed by atoms with Crippen molar-refractivity contribution in [2.24, 2.45) is 0 Å². The molecule has 0 saturated heterocycles. The molecule has 9 heteroatoms. The average Bonchev–Trinajstić information content (AvgIpc) is 3.48. The lowest BCUT2D eigenvalue weighted by atomic mass is 10.0. The Labute approximate surface area is 206 Å². The van der Waals surface area contributed by atoms with Gasteiger partial charge in [0, 0.05) is 38.0 Å². The van der Waals surface area contributed by atoms with Crippen molar-refractivity contribution in [2.75, 3.05) is 13.2 Å². The first-order valence-corrected chi connectivity index (χ1v) is 15.7. The van der Waals surface area contributed by atoms with Gasteiger partial charge in [-0.1, -0.05) is 50.0 Å². The minimum atomic E-state index is -1.13. The summed E-state index contributed by atoms with van der Waals surface area (Å²) in [4.78, 5) is 21.4. The van der Waals surface area contributed by atoms with Gasteiger partial charge in [-0.2, -0.15) is 5.10 Å². The van der Waals surface area contributed by atoms with Gasteiger partial charge in [0.15, 0.2) is 0 Å². The van der Waals surface area contributed by atoms with Crippen LogP contribution in [0.5, 0.6) is 0 Å². The molecule has 0 N–H and O–H groups in total. The quantitative estimate of drug-likeness (QED) is 0.164. The molecule has 4 rings (SSSR count). The molecule has 0 radical (unpaired) electrons. The van der Waals surface area contributed by atoms with E-state index in [9.17, 15) is 4.79 Å². The number of benzene rings is 1. The van der Waals surface area contributed by atoms with Crippen LogP contribution in [0.25, 0.3) is 22.3 Å². The molecule has 1 unspecified atom stereocenters. The Morgan fingerprint density at radius 2 is 1.91 bits per heavy atom. The van der Waals surface area contributed by atoms with Crippen molar-refractivity contribution in [3.63, 3.8) is 0 Å². The number of esters is 1. The predicted octanol–water partition coefficient (Wildman–Crippen LogP) is 5.15. The molecule has 0 aliphatic heterocycles. The number of nitrogens with zero attached hydrogens (tertiary/aromatic N) is 5. The number of carbonyl (C=O) groups excluding carboxylic acids is 1. The molecule has 3 heterocycles. The van der Waals surface area contributed by atoms with E-state index in [1.807, 2.05) is 65.0 Å². The van der Waals surface area contributed by atoms with Crippen molar-refractivity contribution in [1.29, 1.82) is 0 Å². The zero-order chi connectivity index (χ0) is 24.8.